The SMILES string of the molecule is NCc1ccccc1NC(=O)CCCN1CCNC(=O)C1. The number of hydrogen-bond acceptors (Lipinski definition) is 4. The molecule has 6 heteroatoms. The zero-order valence-electron chi connectivity index (χ0n) is 12.1. The van der Waals surface area contributed by atoms with E-state index in [9.17, 15) is 9.59 Å². The van der Waals surface area contributed by atoms with Crippen molar-refractivity contribution in [2.24, 2.45) is 5.73 Å². The van der Waals surface area contributed by atoms with Gasteiger partial charge < -0.3 is 16.4 Å². The Hall–Kier alpha value is -1.92. The summed E-state index contributed by atoms with van der Waals surface area (Å²) in [5.41, 5.74) is 7.35. The lowest BCUT2D eigenvalue weighted by Crippen LogP contribution is -2.47. The van der Waals surface area contributed by atoms with Crippen LogP contribution in [0.5, 0.6) is 0 Å². The van der Waals surface area contributed by atoms with Crippen LogP contribution in [-0.4, -0.2) is 42.9 Å². The van der Waals surface area contributed by atoms with Crippen LogP contribution < -0.4 is 16.4 Å². The molecular formula is C15H22N4O2. The van der Waals surface area contributed by atoms with E-state index >= 15 is 0 Å². The lowest BCUT2D eigenvalue weighted by molar-refractivity contribution is -0.124. The highest BCUT2D eigenvalue weighted by molar-refractivity contribution is 5.91. The number of rotatable bonds is 6. The summed E-state index contributed by atoms with van der Waals surface area (Å²) < 4.78 is 0. The van der Waals surface area contributed by atoms with E-state index in [-0.39, 0.29) is 11.8 Å². The van der Waals surface area contributed by atoms with Crippen molar-refractivity contribution in [2.75, 3.05) is 31.5 Å². The molecule has 1 fully saturated rings. The minimum Gasteiger partial charge on any atom is -0.354 e. The standard InChI is InChI=1S/C15H22N4O2/c16-10-12-4-1-2-5-13(12)18-14(20)6-3-8-19-9-7-17-15(21)11-19/h1-2,4-5H,3,6-11,16H2,(H,17,21)(H,18,20). The van der Waals surface area contributed by atoms with Gasteiger partial charge in [-0.1, -0.05) is 18.2 Å². The molecule has 0 saturated carbocycles. The molecule has 0 aromatic heterocycles. The number of benzene rings is 1. The first kappa shape index (κ1) is 15.5. The lowest BCUT2D eigenvalue weighted by Gasteiger charge is -2.26. The number of nitrogens with one attached hydrogen (secondary N) is 2. The maximum absolute atomic E-state index is 11.9. The first-order valence-corrected chi connectivity index (χ1v) is 7.26. The van der Waals surface area contributed by atoms with Gasteiger partial charge in [0.05, 0.1) is 6.54 Å². The van der Waals surface area contributed by atoms with Gasteiger partial charge in [0.15, 0.2) is 0 Å². The minimum atomic E-state index is -0.0163. The van der Waals surface area contributed by atoms with Gasteiger partial charge in [0.25, 0.3) is 0 Å². The first-order valence-electron chi connectivity index (χ1n) is 7.26. The van der Waals surface area contributed by atoms with Crippen molar-refractivity contribution in [1.29, 1.82) is 0 Å². The van der Waals surface area contributed by atoms with Crippen molar-refractivity contribution >= 4 is 17.5 Å². The molecule has 1 aromatic carbocycles. The molecule has 1 aliphatic rings. The Balaban J connectivity index is 1.73. The molecule has 0 unspecified atom stereocenters. The van der Waals surface area contributed by atoms with Crippen LogP contribution in [0, 0.1) is 0 Å². The Bertz CT molecular complexity index is 504. The fourth-order valence-electron chi connectivity index (χ4n) is 2.38. The van der Waals surface area contributed by atoms with Gasteiger partial charge >= 0.3 is 0 Å². The topological polar surface area (TPSA) is 87.5 Å². The molecule has 2 rings (SSSR count). The summed E-state index contributed by atoms with van der Waals surface area (Å²) in [7, 11) is 0. The summed E-state index contributed by atoms with van der Waals surface area (Å²) in [5, 5.41) is 5.68. The number of carbonyl (C=O) groups excluding carboxylic acids is 2. The molecule has 0 bridgehead atoms. The average Bonchev–Trinajstić information content (AvgIpc) is 2.48. The quantitative estimate of drug-likeness (QED) is 0.703. The highest BCUT2D eigenvalue weighted by Crippen LogP contribution is 2.14. The van der Waals surface area contributed by atoms with Crippen LogP contribution in [0.25, 0.3) is 0 Å². The van der Waals surface area contributed by atoms with Crippen LogP contribution in [0.2, 0.25) is 0 Å². The number of carbonyl (C=O) groups is 2. The second-order valence-electron chi connectivity index (χ2n) is 5.14. The third kappa shape index (κ3) is 4.84. The van der Waals surface area contributed by atoms with E-state index in [1.165, 1.54) is 0 Å². The highest BCUT2D eigenvalue weighted by Gasteiger charge is 2.15. The van der Waals surface area contributed by atoms with E-state index < -0.39 is 0 Å². The molecular weight excluding hydrogens is 268 g/mol. The predicted octanol–water partition coefficient (Wildman–Crippen LogP) is 0.296. The molecule has 1 aromatic rings. The molecule has 0 aliphatic carbocycles. The Morgan fingerprint density at radius 1 is 1.38 bits per heavy atom. The van der Waals surface area contributed by atoms with Gasteiger partial charge in [-0.15, -0.1) is 0 Å². The van der Waals surface area contributed by atoms with Crippen molar-refractivity contribution in [2.45, 2.75) is 19.4 Å². The van der Waals surface area contributed by atoms with Crippen LogP contribution in [0.1, 0.15) is 18.4 Å². The minimum absolute atomic E-state index is 0.0163. The van der Waals surface area contributed by atoms with E-state index in [4.69, 9.17) is 5.73 Å². The molecule has 6 nitrogen and oxygen atoms in total. The number of anilines is 1. The molecule has 0 atom stereocenters. The van der Waals surface area contributed by atoms with E-state index in [0.717, 1.165) is 30.8 Å². The second kappa shape index (κ2) is 7.75. The Morgan fingerprint density at radius 3 is 2.95 bits per heavy atom. The third-order valence-electron chi connectivity index (χ3n) is 3.51. The third-order valence-corrected chi connectivity index (χ3v) is 3.51. The van der Waals surface area contributed by atoms with Gasteiger partial charge in [-0.05, 0) is 24.6 Å². The molecule has 0 spiro atoms. The Labute approximate surface area is 124 Å². The zero-order valence-corrected chi connectivity index (χ0v) is 12.1. The fraction of sp³-hybridized carbons (Fsp3) is 0.467. The maximum atomic E-state index is 11.9. The normalized spacial score (nSPS) is 15.6. The molecule has 114 valence electrons. The second-order valence-corrected chi connectivity index (χ2v) is 5.14. The van der Waals surface area contributed by atoms with Crippen LogP contribution >= 0.6 is 0 Å². The lowest BCUT2D eigenvalue weighted by atomic mass is 10.1. The average molecular weight is 290 g/mol. The number of amides is 2. The Morgan fingerprint density at radius 2 is 2.19 bits per heavy atom. The summed E-state index contributed by atoms with van der Waals surface area (Å²) in [6.45, 7) is 3.13. The van der Waals surface area contributed by atoms with Crippen molar-refractivity contribution in [3.63, 3.8) is 0 Å². The summed E-state index contributed by atoms with van der Waals surface area (Å²) >= 11 is 0. The van der Waals surface area contributed by atoms with E-state index in [0.29, 0.717) is 26.1 Å². The molecule has 0 radical (unpaired) electrons. The van der Waals surface area contributed by atoms with Crippen LogP contribution in [0.4, 0.5) is 5.69 Å². The number of hydrogen-bond donors (Lipinski definition) is 3. The fourth-order valence-corrected chi connectivity index (χ4v) is 2.38. The molecule has 1 saturated heterocycles. The summed E-state index contributed by atoms with van der Waals surface area (Å²) in [4.78, 5) is 25.2. The number of nitrogens with zero attached hydrogens (tertiary/aromatic N) is 1. The number of nitrogens with two attached hydrogens (primary N) is 1. The zero-order chi connectivity index (χ0) is 15.1. The van der Waals surface area contributed by atoms with Crippen LogP contribution in [0.15, 0.2) is 24.3 Å². The van der Waals surface area contributed by atoms with Gasteiger partial charge in [0, 0.05) is 31.7 Å². The molecule has 1 aliphatic heterocycles. The first-order chi connectivity index (χ1) is 10.2. The summed E-state index contributed by atoms with van der Waals surface area (Å²) in [6, 6.07) is 7.54. The van der Waals surface area contributed by atoms with Gasteiger partial charge in [-0.2, -0.15) is 0 Å². The van der Waals surface area contributed by atoms with E-state index in [1.807, 2.05) is 24.3 Å². The van der Waals surface area contributed by atoms with E-state index in [1.54, 1.807) is 0 Å². The van der Waals surface area contributed by atoms with Crippen LogP contribution in [0.3, 0.4) is 0 Å². The monoisotopic (exact) mass is 290 g/mol. The van der Waals surface area contributed by atoms with Gasteiger partial charge in [0.1, 0.15) is 0 Å². The number of para-hydroxylation sites is 1. The molecule has 21 heavy (non-hydrogen) atoms. The van der Waals surface area contributed by atoms with Crippen molar-refractivity contribution in [3.05, 3.63) is 29.8 Å². The van der Waals surface area contributed by atoms with E-state index in [2.05, 4.69) is 15.5 Å². The largest absolute Gasteiger partial charge is 0.354 e. The van der Waals surface area contributed by atoms with Crippen molar-refractivity contribution < 1.29 is 9.59 Å². The van der Waals surface area contributed by atoms with Crippen molar-refractivity contribution in [3.8, 4) is 0 Å². The smallest absolute Gasteiger partial charge is 0.234 e. The molecule has 4 N–H and O–H groups in total. The van der Waals surface area contributed by atoms with Crippen LogP contribution in [-0.2, 0) is 16.1 Å². The molecule has 2 amide bonds. The number of piperazine rings is 1. The van der Waals surface area contributed by atoms with Gasteiger partial charge in [0.2, 0.25) is 11.8 Å². The predicted molar refractivity (Wildman–Crippen MR) is 81.6 cm³/mol. The van der Waals surface area contributed by atoms with Gasteiger partial charge in [-0.25, -0.2) is 0 Å². The van der Waals surface area contributed by atoms with Crippen molar-refractivity contribution in [1.82, 2.24) is 10.2 Å². The highest BCUT2D eigenvalue weighted by atomic mass is 16.2. The van der Waals surface area contributed by atoms with Gasteiger partial charge in [-0.3, -0.25) is 14.5 Å². The summed E-state index contributed by atoms with van der Waals surface area (Å²) in [6.07, 6.45) is 1.18. The maximum Gasteiger partial charge on any atom is 0.234 e. The Kier molecular flexibility index (Phi) is 5.71. The molecule has 1 heterocycles. The summed E-state index contributed by atoms with van der Waals surface area (Å²) in [5.74, 6) is 0.0416.